The zero-order chi connectivity index (χ0) is 25.3. The third-order valence-corrected chi connectivity index (χ3v) is 6.82. The Kier molecular flexibility index (Phi) is 10.8. The van der Waals surface area contributed by atoms with E-state index in [1.165, 1.54) is 17.4 Å². The van der Waals surface area contributed by atoms with Gasteiger partial charge < -0.3 is 31.4 Å². The lowest BCUT2D eigenvalue weighted by molar-refractivity contribution is -0.144. The standard InChI is InChI=1S/C22H36N6O5S/c1-4-13(2)18(22(32)33)27-19(29)16(10-14-11-24-12-25-14)26-20(30)17-6-5-8-28(17)21(31)15(23)7-9-34-3/h11-13,15-18H,4-10,23H2,1-3H3,(H,24,25)(H,26,30)(H,27,29)(H,32,33). The van der Waals surface area contributed by atoms with Crippen LogP contribution in [-0.4, -0.2) is 86.4 Å². The highest BCUT2D eigenvalue weighted by Crippen LogP contribution is 2.20. The summed E-state index contributed by atoms with van der Waals surface area (Å²) in [7, 11) is 0. The van der Waals surface area contributed by atoms with Crippen LogP contribution in [0.1, 0.15) is 45.2 Å². The number of likely N-dealkylation sites (tertiary alicyclic amines) is 1. The second kappa shape index (κ2) is 13.3. The van der Waals surface area contributed by atoms with Crippen LogP contribution in [0.3, 0.4) is 0 Å². The molecule has 2 heterocycles. The Morgan fingerprint density at radius 2 is 2.09 bits per heavy atom. The summed E-state index contributed by atoms with van der Waals surface area (Å²) >= 11 is 1.60. The minimum absolute atomic E-state index is 0.0956. The van der Waals surface area contributed by atoms with Crippen LogP contribution >= 0.6 is 11.8 Å². The summed E-state index contributed by atoms with van der Waals surface area (Å²) in [4.78, 5) is 59.1. The minimum atomic E-state index is -1.14. The summed E-state index contributed by atoms with van der Waals surface area (Å²) in [5, 5.41) is 14.8. The maximum atomic E-state index is 13.2. The van der Waals surface area contributed by atoms with Crippen LogP contribution in [0.4, 0.5) is 0 Å². The second-order valence-corrected chi connectivity index (χ2v) is 9.62. The number of H-pyrrole nitrogens is 1. The van der Waals surface area contributed by atoms with Gasteiger partial charge in [-0.1, -0.05) is 20.3 Å². The number of thioether (sulfide) groups is 1. The third-order valence-electron chi connectivity index (χ3n) is 6.18. The van der Waals surface area contributed by atoms with Crippen LogP contribution in [0, 0.1) is 5.92 Å². The van der Waals surface area contributed by atoms with Crippen LogP contribution in [0.5, 0.6) is 0 Å². The van der Waals surface area contributed by atoms with Gasteiger partial charge in [-0.2, -0.15) is 11.8 Å². The first-order chi connectivity index (χ1) is 16.2. The van der Waals surface area contributed by atoms with Crippen molar-refractivity contribution in [1.29, 1.82) is 0 Å². The van der Waals surface area contributed by atoms with Crippen molar-refractivity contribution in [2.24, 2.45) is 11.7 Å². The molecule has 1 aromatic rings. The van der Waals surface area contributed by atoms with Crippen LogP contribution in [0.2, 0.25) is 0 Å². The van der Waals surface area contributed by atoms with Gasteiger partial charge in [-0.3, -0.25) is 14.4 Å². The largest absolute Gasteiger partial charge is 0.480 e. The molecule has 34 heavy (non-hydrogen) atoms. The first-order valence-corrected chi connectivity index (χ1v) is 12.9. The summed E-state index contributed by atoms with van der Waals surface area (Å²) in [6, 6.07) is -3.54. The van der Waals surface area contributed by atoms with Gasteiger partial charge in [0.2, 0.25) is 17.7 Å². The predicted molar refractivity (Wildman–Crippen MR) is 129 cm³/mol. The number of aliphatic carboxylic acids is 1. The van der Waals surface area contributed by atoms with E-state index in [9.17, 15) is 24.3 Å². The first kappa shape index (κ1) is 27.6. The van der Waals surface area contributed by atoms with Crippen molar-refractivity contribution in [2.45, 2.75) is 70.1 Å². The average molecular weight is 497 g/mol. The van der Waals surface area contributed by atoms with Crippen LogP contribution < -0.4 is 16.4 Å². The molecule has 0 saturated carbocycles. The van der Waals surface area contributed by atoms with Crippen molar-refractivity contribution >= 4 is 35.5 Å². The Hall–Kier alpha value is -2.60. The molecule has 2 rings (SSSR count). The highest BCUT2D eigenvalue weighted by Gasteiger charge is 2.38. The Morgan fingerprint density at radius 3 is 2.68 bits per heavy atom. The monoisotopic (exact) mass is 496 g/mol. The number of amides is 3. The molecule has 1 aliphatic heterocycles. The number of rotatable bonds is 13. The topological polar surface area (TPSA) is 171 Å². The molecule has 5 atom stereocenters. The van der Waals surface area contributed by atoms with Crippen LogP contribution in [0.25, 0.3) is 0 Å². The highest BCUT2D eigenvalue weighted by molar-refractivity contribution is 7.98. The van der Waals surface area contributed by atoms with E-state index >= 15 is 0 Å². The summed E-state index contributed by atoms with van der Waals surface area (Å²) in [5.41, 5.74) is 6.65. The first-order valence-electron chi connectivity index (χ1n) is 11.5. The number of nitrogens with zero attached hydrogens (tertiary/aromatic N) is 2. The van der Waals surface area contributed by atoms with Gasteiger partial charge in [-0.15, -0.1) is 0 Å². The zero-order valence-electron chi connectivity index (χ0n) is 20.0. The molecule has 1 aliphatic rings. The maximum absolute atomic E-state index is 13.2. The molecule has 3 amide bonds. The lowest BCUT2D eigenvalue weighted by atomic mass is 9.98. The molecule has 0 radical (unpaired) electrons. The number of imidazole rings is 1. The number of carbonyl (C=O) groups is 4. The number of hydrogen-bond acceptors (Lipinski definition) is 7. The summed E-state index contributed by atoms with van der Waals surface area (Å²) in [6.45, 7) is 4.01. The number of aromatic amines is 1. The third kappa shape index (κ3) is 7.45. The van der Waals surface area contributed by atoms with Gasteiger partial charge in [-0.25, -0.2) is 9.78 Å². The van der Waals surface area contributed by atoms with E-state index in [-0.39, 0.29) is 18.2 Å². The normalized spacial score (nSPS) is 19.2. The molecule has 5 unspecified atom stereocenters. The Labute approximate surface area is 204 Å². The van der Waals surface area contributed by atoms with E-state index in [0.717, 1.165) is 5.75 Å². The molecule has 6 N–H and O–H groups in total. The fraction of sp³-hybridized carbons (Fsp3) is 0.682. The molecule has 1 aromatic heterocycles. The molecule has 12 heteroatoms. The fourth-order valence-corrected chi connectivity index (χ4v) is 4.40. The maximum Gasteiger partial charge on any atom is 0.326 e. The molecular weight excluding hydrogens is 460 g/mol. The van der Waals surface area contributed by atoms with E-state index in [1.807, 2.05) is 13.2 Å². The van der Waals surface area contributed by atoms with Gasteiger partial charge in [0.05, 0.1) is 12.4 Å². The molecule has 0 bridgehead atoms. The molecule has 1 saturated heterocycles. The molecular formula is C22H36N6O5S. The number of aromatic nitrogens is 2. The summed E-state index contributed by atoms with van der Waals surface area (Å²) in [5.74, 6) is -2.03. The van der Waals surface area contributed by atoms with Crippen molar-refractivity contribution < 1.29 is 24.3 Å². The Balaban J connectivity index is 2.15. The van der Waals surface area contributed by atoms with Crippen molar-refractivity contribution in [3.63, 3.8) is 0 Å². The smallest absolute Gasteiger partial charge is 0.326 e. The van der Waals surface area contributed by atoms with E-state index in [1.54, 1.807) is 18.7 Å². The number of carboxylic acids is 1. The summed E-state index contributed by atoms with van der Waals surface area (Å²) < 4.78 is 0. The van der Waals surface area contributed by atoms with Gasteiger partial charge in [0.1, 0.15) is 18.1 Å². The lowest BCUT2D eigenvalue weighted by Crippen LogP contribution is -2.57. The number of carbonyl (C=O) groups excluding carboxylic acids is 3. The quantitative estimate of drug-likeness (QED) is 0.256. The summed E-state index contributed by atoms with van der Waals surface area (Å²) in [6.07, 6.45) is 7.22. The van der Waals surface area contributed by atoms with Crippen LogP contribution in [0.15, 0.2) is 12.5 Å². The molecule has 1 fully saturated rings. The fourth-order valence-electron chi connectivity index (χ4n) is 3.91. The number of nitrogens with two attached hydrogens (primary N) is 1. The second-order valence-electron chi connectivity index (χ2n) is 8.63. The van der Waals surface area contributed by atoms with Gasteiger partial charge in [0.15, 0.2) is 0 Å². The van der Waals surface area contributed by atoms with Crippen LogP contribution in [-0.2, 0) is 25.6 Å². The van der Waals surface area contributed by atoms with Gasteiger partial charge in [0, 0.05) is 24.9 Å². The van der Waals surface area contributed by atoms with E-state index < -0.39 is 42.0 Å². The van der Waals surface area contributed by atoms with E-state index in [4.69, 9.17) is 5.73 Å². The SMILES string of the molecule is CCC(C)C(NC(=O)C(Cc1cnc[nH]1)NC(=O)C1CCCN1C(=O)C(N)CCSC)C(=O)O. The number of hydrogen-bond donors (Lipinski definition) is 5. The average Bonchev–Trinajstić information content (AvgIpc) is 3.51. The zero-order valence-corrected chi connectivity index (χ0v) is 20.8. The van der Waals surface area contributed by atoms with Crippen molar-refractivity contribution in [2.75, 3.05) is 18.6 Å². The van der Waals surface area contributed by atoms with E-state index in [0.29, 0.717) is 37.9 Å². The minimum Gasteiger partial charge on any atom is -0.480 e. The molecule has 11 nitrogen and oxygen atoms in total. The predicted octanol–water partition coefficient (Wildman–Crippen LogP) is 0.124. The molecule has 0 spiro atoms. The van der Waals surface area contributed by atoms with Gasteiger partial charge >= 0.3 is 5.97 Å². The molecule has 190 valence electrons. The van der Waals surface area contributed by atoms with Crippen molar-refractivity contribution in [3.05, 3.63) is 18.2 Å². The number of carboxylic acid groups (broad SMARTS) is 1. The van der Waals surface area contributed by atoms with E-state index in [2.05, 4.69) is 20.6 Å². The Morgan fingerprint density at radius 1 is 1.35 bits per heavy atom. The van der Waals surface area contributed by atoms with Gasteiger partial charge in [0.25, 0.3) is 0 Å². The highest BCUT2D eigenvalue weighted by atomic mass is 32.2. The number of nitrogens with one attached hydrogen (secondary N) is 3. The Bertz CT molecular complexity index is 836. The molecule has 0 aromatic carbocycles. The molecule has 0 aliphatic carbocycles. The lowest BCUT2D eigenvalue weighted by Gasteiger charge is -2.29. The van der Waals surface area contributed by atoms with Crippen molar-refractivity contribution in [1.82, 2.24) is 25.5 Å². The van der Waals surface area contributed by atoms with Crippen molar-refractivity contribution in [3.8, 4) is 0 Å². The van der Waals surface area contributed by atoms with Gasteiger partial charge in [-0.05, 0) is 37.2 Å².